The molecule has 8 nitrogen and oxygen atoms in total. The van der Waals surface area contributed by atoms with Gasteiger partial charge in [-0.1, -0.05) is 212 Å². The van der Waals surface area contributed by atoms with Crippen molar-refractivity contribution in [2.75, 3.05) is 0 Å². The maximum absolute atomic E-state index is 15.7. The van der Waals surface area contributed by atoms with Gasteiger partial charge < -0.3 is 9.13 Å². The van der Waals surface area contributed by atoms with Gasteiger partial charge in [-0.15, -0.1) is 0 Å². The van der Waals surface area contributed by atoms with Crippen LogP contribution in [0.15, 0.2) is 240 Å². The first-order valence-corrected chi connectivity index (χ1v) is 31.9. The Labute approximate surface area is 507 Å². The number of nitrogens with zero attached hydrogens (tertiary/aromatic N) is 6. The molecule has 87 heavy (non-hydrogen) atoms. The van der Waals surface area contributed by atoms with E-state index in [1.165, 1.54) is 95.2 Å². The lowest BCUT2D eigenvalue weighted by molar-refractivity contribution is 0.397. The number of para-hydroxylation sites is 8. The Kier molecular flexibility index (Phi) is 14.1. The lowest BCUT2D eigenvalue weighted by Gasteiger charge is -2.33. The summed E-state index contributed by atoms with van der Waals surface area (Å²) in [6, 6.07) is 81.3. The van der Waals surface area contributed by atoms with E-state index in [0.29, 0.717) is 0 Å². The van der Waals surface area contributed by atoms with Crippen LogP contribution in [0.4, 0.5) is 0 Å². The van der Waals surface area contributed by atoms with Gasteiger partial charge in [-0.25, -0.2) is 9.59 Å². The molecule has 15 rings (SSSR count). The van der Waals surface area contributed by atoms with Crippen molar-refractivity contribution in [3.05, 3.63) is 263 Å². The van der Waals surface area contributed by atoms with Crippen molar-refractivity contribution < 1.29 is 0 Å². The predicted molar refractivity (Wildman–Crippen MR) is 362 cm³/mol. The Bertz CT molecular complexity index is 4630. The first-order chi connectivity index (χ1) is 43.0. The van der Waals surface area contributed by atoms with Crippen molar-refractivity contribution in [1.29, 1.82) is 0 Å². The Morgan fingerprint density at radius 2 is 0.540 bits per heavy atom. The molecule has 0 aliphatic heterocycles. The monoisotopic (exact) mass is 1140 g/mol. The molecule has 0 fully saturated rings. The molecule has 0 radical (unpaired) electrons. The van der Waals surface area contributed by atoms with E-state index in [9.17, 15) is 0 Å². The summed E-state index contributed by atoms with van der Waals surface area (Å²) in [5.41, 5.74) is 17.6. The van der Waals surface area contributed by atoms with Gasteiger partial charge in [0.25, 0.3) is 0 Å². The SMILES string of the molecule is CCCCCCCCC1(CCCCCCCC)c2cc(-n3c(=O)n(-c4cccc(-n5c6ccccc6c6ccccc65)c4)c4ccccc43)ccc2-c2ccc(-n3c(=O)n(-c4cccc(-n5c6ccccc6c6ccccc65)c4)c4ccccc43)cc21. The largest absolute Gasteiger partial charge is 0.338 e. The summed E-state index contributed by atoms with van der Waals surface area (Å²) in [6.45, 7) is 4.58. The fraction of sp³-hybridized carbons (Fsp3) is 0.215. The first-order valence-electron chi connectivity index (χ1n) is 31.9. The van der Waals surface area contributed by atoms with Gasteiger partial charge in [-0.05, 0) is 144 Å². The Morgan fingerprint density at radius 3 is 0.874 bits per heavy atom. The summed E-state index contributed by atoms with van der Waals surface area (Å²) >= 11 is 0. The summed E-state index contributed by atoms with van der Waals surface area (Å²) in [5.74, 6) is 0. The molecular formula is C79H72N6O2. The van der Waals surface area contributed by atoms with Gasteiger partial charge in [0.2, 0.25) is 0 Å². The third-order valence-corrected chi connectivity index (χ3v) is 19.1. The molecule has 4 aromatic heterocycles. The maximum Gasteiger partial charge on any atom is 0.338 e. The molecule has 0 amide bonds. The number of benzene rings is 10. The van der Waals surface area contributed by atoms with Crippen molar-refractivity contribution in [3.63, 3.8) is 0 Å². The summed E-state index contributed by atoms with van der Waals surface area (Å²) < 4.78 is 12.3. The van der Waals surface area contributed by atoms with E-state index in [1.54, 1.807) is 0 Å². The molecule has 8 heteroatoms. The van der Waals surface area contributed by atoms with E-state index in [0.717, 1.165) is 117 Å². The summed E-state index contributed by atoms with van der Waals surface area (Å²) in [6.07, 6.45) is 16.2. The second kappa shape index (κ2) is 22.6. The number of unbranched alkanes of at least 4 members (excludes halogenated alkanes) is 10. The van der Waals surface area contributed by atoms with Gasteiger partial charge in [-0.3, -0.25) is 18.3 Å². The number of hydrogen-bond donors (Lipinski definition) is 0. The molecule has 14 aromatic rings. The van der Waals surface area contributed by atoms with Gasteiger partial charge >= 0.3 is 11.4 Å². The average molecular weight is 1140 g/mol. The minimum atomic E-state index is -0.372. The third kappa shape index (κ3) is 9.01. The Balaban J connectivity index is 0.873. The quantitative estimate of drug-likeness (QED) is 0.0714. The highest BCUT2D eigenvalue weighted by molar-refractivity contribution is 6.10. The molecule has 0 saturated carbocycles. The lowest BCUT2D eigenvalue weighted by atomic mass is 9.70. The van der Waals surface area contributed by atoms with Crippen molar-refractivity contribution in [1.82, 2.24) is 27.4 Å². The molecule has 0 saturated heterocycles. The van der Waals surface area contributed by atoms with E-state index < -0.39 is 0 Å². The van der Waals surface area contributed by atoms with Gasteiger partial charge in [0.05, 0.1) is 66.9 Å². The summed E-state index contributed by atoms with van der Waals surface area (Å²) in [4.78, 5) is 31.4. The molecule has 430 valence electrons. The number of fused-ring (bicyclic) bond motifs is 11. The summed E-state index contributed by atoms with van der Waals surface area (Å²) in [7, 11) is 0. The third-order valence-electron chi connectivity index (χ3n) is 19.1. The standard InChI is InChI=1S/C79H72N6O2/c1-3-5-7-9-11-25-49-79(50-26-12-10-8-6-4-2)67-53-59(84-75-43-23-21-41-73(75)82(77(84)86)57-31-27-29-55(51-57)80-69-37-17-13-33-63(69)64-34-14-18-38-70(64)80)45-47-61(67)62-48-46-60(54-68(62)79)85-76-44-24-22-42-74(76)83(78(85)87)58-32-28-30-56(52-58)81-71-39-19-15-35-65(71)66-36-16-20-40-72(66)81/h13-24,27-48,51-54H,3-12,25-26,49-50H2,1-2H3. The molecule has 1 aliphatic carbocycles. The van der Waals surface area contributed by atoms with E-state index in [2.05, 4.69) is 229 Å². The van der Waals surface area contributed by atoms with Crippen LogP contribution in [0.1, 0.15) is 115 Å². The molecule has 0 bridgehead atoms. The number of hydrogen-bond acceptors (Lipinski definition) is 2. The van der Waals surface area contributed by atoms with Gasteiger partial charge in [0.15, 0.2) is 0 Å². The molecule has 0 unspecified atom stereocenters. The van der Waals surface area contributed by atoms with Gasteiger partial charge in [0.1, 0.15) is 0 Å². The Hall–Kier alpha value is -9.66. The topological polar surface area (TPSA) is 63.7 Å². The molecule has 0 N–H and O–H groups in total. The van der Waals surface area contributed by atoms with Crippen LogP contribution in [0.2, 0.25) is 0 Å². The zero-order valence-corrected chi connectivity index (χ0v) is 49.8. The summed E-state index contributed by atoms with van der Waals surface area (Å²) in [5, 5.41) is 4.78. The highest BCUT2D eigenvalue weighted by Gasteiger charge is 2.43. The highest BCUT2D eigenvalue weighted by Crippen LogP contribution is 2.55. The van der Waals surface area contributed by atoms with E-state index in [4.69, 9.17) is 0 Å². The van der Waals surface area contributed by atoms with Crippen molar-refractivity contribution in [2.24, 2.45) is 0 Å². The van der Waals surface area contributed by atoms with Crippen LogP contribution in [-0.2, 0) is 5.41 Å². The van der Waals surface area contributed by atoms with Crippen molar-refractivity contribution >= 4 is 65.7 Å². The molecule has 10 aromatic carbocycles. The van der Waals surface area contributed by atoms with Gasteiger partial charge in [-0.2, -0.15) is 0 Å². The van der Waals surface area contributed by atoms with Crippen LogP contribution in [-0.4, -0.2) is 27.4 Å². The highest BCUT2D eigenvalue weighted by atomic mass is 16.2. The van der Waals surface area contributed by atoms with Crippen LogP contribution in [0, 0.1) is 0 Å². The van der Waals surface area contributed by atoms with Crippen molar-refractivity contribution in [2.45, 2.75) is 109 Å². The number of aromatic nitrogens is 6. The fourth-order valence-electron chi connectivity index (χ4n) is 15.1. The molecule has 0 spiro atoms. The van der Waals surface area contributed by atoms with E-state index in [-0.39, 0.29) is 16.8 Å². The van der Waals surface area contributed by atoms with Gasteiger partial charge in [0, 0.05) is 38.3 Å². The predicted octanol–water partition coefficient (Wildman–Crippen LogP) is 19.8. The average Bonchev–Trinajstić information content (AvgIpc) is 1.76. The van der Waals surface area contributed by atoms with Crippen molar-refractivity contribution in [3.8, 4) is 45.3 Å². The number of rotatable bonds is 20. The second-order valence-electron chi connectivity index (χ2n) is 24.2. The maximum atomic E-state index is 15.7. The molecular weight excluding hydrogens is 1060 g/mol. The Morgan fingerprint density at radius 1 is 0.264 bits per heavy atom. The fourth-order valence-corrected chi connectivity index (χ4v) is 15.1. The first kappa shape index (κ1) is 54.0. The molecule has 1 aliphatic rings. The number of imidazole rings is 2. The lowest BCUT2D eigenvalue weighted by Crippen LogP contribution is -2.27. The minimum absolute atomic E-state index is 0.109. The van der Waals surface area contributed by atoms with Crippen LogP contribution < -0.4 is 11.4 Å². The molecule has 4 heterocycles. The smallest absolute Gasteiger partial charge is 0.309 e. The van der Waals surface area contributed by atoms with Crippen LogP contribution in [0.25, 0.3) is 111 Å². The zero-order valence-electron chi connectivity index (χ0n) is 49.8. The normalized spacial score (nSPS) is 12.9. The molecule has 0 atom stereocenters. The minimum Gasteiger partial charge on any atom is -0.309 e. The van der Waals surface area contributed by atoms with Crippen LogP contribution in [0.5, 0.6) is 0 Å². The zero-order chi connectivity index (χ0) is 58.6. The van der Waals surface area contributed by atoms with Crippen LogP contribution in [0.3, 0.4) is 0 Å². The van der Waals surface area contributed by atoms with E-state index in [1.807, 2.05) is 42.5 Å². The second-order valence-corrected chi connectivity index (χ2v) is 24.2. The van der Waals surface area contributed by atoms with E-state index >= 15 is 9.59 Å². The van der Waals surface area contributed by atoms with Crippen LogP contribution >= 0.6 is 0 Å².